The summed E-state index contributed by atoms with van der Waals surface area (Å²) in [6.45, 7) is 2.26. The number of aliphatic hydroxyl groups is 2. The zero-order chi connectivity index (χ0) is 20.6. The monoisotopic (exact) mass is 394 g/mol. The van der Waals surface area contributed by atoms with E-state index in [1.165, 1.54) is 77.0 Å². The van der Waals surface area contributed by atoms with Crippen molar-refractivity contribution >= 4 is 11.6 Å². The Kier molecular flexibility index (Phi) is 14.0. The zero-order valence-corrected chi connectivity index (χ0v) is 18.0. The predicted octanol–water partition coefficient (Wildman–Crippen LogP) is 6.35. The molecule has 0 saturated carbocycles. The first-order valence-corrected chi connectivity index (χ1v) is 11.8. The number of allylic oxidation sites excluding steroid dienone is 1. The molecule has 0 heterocycles. The molecule has 0 aromatic rings. The van der Waals surface area contributed by atoms with Crippen LogP contribution in [0, 0.1) is 0 Å². The van der Waals surface area contributed by atoms with Crippen LogP contribution in [0.5, 0.6) is 0 Å². The summed E-state index contributed by atoms with van der Waals surface area (Å²) in [4.78, 5) is 24.0. The summed E-state index contributed by atoms with van der Waals surface area (Å²) in [5.74, 6) is -1.05. The average molecular weight is 395 g/mol. The zero-order valence-electron chi connectivity index (χ0n) is 18.0. The molecule has 28 heavy (non-hydrogen) atoms. The number of carbonyl (C=O) groups is 2. The van der Waals surface area contributed by atoms with Crippen molar-refractivity contribution in [1.29, 1.82) is 0 Å². The second-order valence-corrected chi connectivity index (χ2v) is 8.36. The van der Waals surface area contributed by atoms with Gasteiger partial charge in [-0.25, -0.2) is 0 Å². The maximum absolute atomic E-state index is 12.1. The van der Waals surface area contributed by atoms with Crippen molar-refractivity contribution in [1.82, 2.24) is 0 Å². The van der Waals surface area contributed by atoms with Gasteiger partial charge in [-0.3, -0.25) is 9.59 Å². The minimum atomic E-state index is -1.06. The molecule has 1 atom stereocenters. The van der Waals surface area contributed by atoms with E-state index in [0.717, 1.165) is 19.3 Å². The molecule has 0 bridgehead atoms. The molecule has 1 aliphatic carbocycles. The van der Waals surface area contributed by atoms with E-state index in [-0.39, 0.29) is 36.4 Å². The Bertz CT molecular complexity index is 481. The molecule has 4 nitrogen and oxygen atoms in total. The number of rotatable bonds is 17. The number of hydrogen-bond acceptors (Lipinski definition) is 4. The summed E-state index contributed by atoms with van der Waals surface area (Å²) in [5.41, 5.74) is -0.149. The minimum Gasteiger partial charge on any atom is -0.509 e. The molecule has 0 aliphatic heterocycles. The molecule has 0 spiro atoms. The summed E-state index contributed by atoms with van der Waals surface area (Å²) in [7, 11) is 0. The van der Waals surface area contributed by atoms with Crippen molar-refractivity contribution in [2.45, 2.75) is 129 Å². The van der Waals surface area contributed by atoms with E-state index in [1.54, 1.807) is 0 Å². The van der Waals surface area contributed by atoms with Crippen LogP contribution in [0.4, 0.5) is 0 Å². The van der Waals surface area contributed by atoms with Gasteiger partial charge in [0.25, 0.3) is 0 Å². The van der Waals surface area contributed by atoms with E-state index >= 15 is 0 Å². The number of unbranched alkanes of at least 4 members (excludes halogenated alkanes) is 14. The third kappa shape index (κ3) is 10.4. The summed E-state index contributed by atoms with van der Waals surface area (Å²) in [5, 5.41) is 19.4. The van der Waals surface area contributed by atoms with Crippen LogP contribution in [0.2, 0.25) is 0 Å². The van der Waals surface area contributed by atoms with Crippen LogP contribution in [-0.4, -0.2) is 27.9 Å². The molecule has 4 heteroatoms. The van der Waals surface area contributed by atoms with E-state index in [0.29, 0.717) is 0 Å². The van der Waals surface area contributed by atoms with Crippen LogP contribution < -0.4 is 0 Å². The first-order chi connectivity index (χ1) is 13.6. The maximum atomic E-state index is 12.1. The van der Waals surface area contributed by atoms with Gasteiger partial charge in [0.15, 0.2) is 11.6 Å². The quantitative estimate of drug-likeness (QED) is 0.222. The lowest BCUT2D eigenvalue weighted by atomic mass is 9.89. The molecular formula is C24H42O4. The number of aliphatic hydroxyl groups excluding tert-OH is 2. The van der Waals surface area contributed by atoms with Crippen LogP contribution in [0.15, 0.2) is 11.3 Å². The highest BCUT2D eigenvalue weighted by Crippen LogP contribution is 2.23. The van der Waals surface area contributed by atoms with Crippen molar-refractivity contribution in [2.24, 2.45) is 0 Å². The van der Waals surface area contributed by atoms with Crippen LogP contribution in [0.1, 0.15) is 122 Å². The molecule has 0 aromatic heterocycles. The minimum absolute atomic E-state index is 0.144. The Morgan fingerprint density at radius 2 is 1.25 bits per heavy atom. The Morgan fingerprint density at radius 3 is 1.71 bits per heavy atom. The topological polar surface area (TPSA) is 74.6 Å². The van der Waals surface area contributed by atoms with Gasteiger partial charge in [0.05, 0.1) is 0 Å². The van der Waals surface area contributed by atoms with Gasteiger partial charge in [-0.05, 0) is 12.8 Å². The number of hydrogen-bond donors (Lipinski definition) is 2. The molecule has 0 amide bonds. The highest BCUT2D eigenvalue weighted by atomic mass is 16.3. The molecular weight excluding hydrogens is 352 g/mol. The summed E-state index contributed by atoms with van der Waals surface area (Å²) in [6, 6.07) is 0. The lowest BCUT2D eigenvalue weighted by Crippen LogP contribution is -2.27. The fourth-order valence-corrected chi connectivity index (χ4v) is 3.92. The second kappa shape index (κ2) is 15.7. The molecule has 1 aliphatic rings. The Hall–Kier alpha value is -1.16. The van der Waals surface area contributed by atoms with Crippen LogP contribution in [-0.2, 0) is 9.59 Å². The van der Waals surface area contributed by atoms with Crippen molar-refractivity contribution in [3.63, 3.8) is 0 Å². The fraction of sp³-hybridized carbons (Fsp3) is 0.833. The third-order valence-corrected chi connectivity index (χ3v) is 5.78. The third-order valence-electron chi connectivity index (χ3n) is 5.78. The summed E-state index contributed by atoms with van der Waals surface area (Å²) >= 11 is 0. The van der Waals surface area contributed by atoms with E-state index in [1.807, 2.05) is 0 Å². The molecule has 0 radical (unpaired) electrons. The highest BCUT2D eigenvalue weighted by molar-refractivity contribution is 6.21. The number of Topliss-reactive ketones (excluding diaryl/α,β-unsaturated/α-hetero) is 2. The number of carbonyl (C=O) groups excluding carboxylic acids is 2. The van der Waals surface area contributed by atoms with Crippen LogP contribution in [0.3, 0.4) is 0 Å². The van der Waals surface area contributed by atoms with Gasteiger partial charge in [-0.15, -0.1) is 0 Å². The fourth-order valence-electron chi connectivity index (χ4n) is 3.92. The smallest absolute Gasteiger partial charge is 0.170 e. The van der Waals surface area contributed by atoms with E-state index in [4.69, 9.17) is 0 Å². The van der Waals surface area contributed by atoms with Gasteiger partial charge < -0.3 is 10.2 Å². The Labute approximate surface area is 171 Å². The van der Waals surface area contributed by atoms with E-state index in [2.05, 4.69) is 6.92 Å². The largest absolute Gasteiger partial charge is 0.509 e. The molecule has 0 saturated heterocycles. The molecule has 0 fully saturated rings. The summed E-state index contributed by atoms with van der Waals surface area (Å²) < 4.78 is 0. The van der Waals surface area contributed by atoms with Gasteiger partial charge in [-0.2, -0.15) is 0 Å². The Balaban J connectivity index is 1.93. The predicted molar refractivity (Wildman–Crippen MR) is 114 cm³/mol. The summed E-state index contributed by atoms with van der Waals surface area (Å²) in [6.07, 6.45) is 18.6. The lowest BCUT2D eigenvalue weighted by molar-refractivity contribution is -0.123. The maximum Gasteiger partial charge on any atom is 0.170 e. The molecule has 0 aromatic carbocycles. The van der Waals surface area contributed by atoms with Crippen molar-refractivity contribution in [3.05, 3.63) is 11.3 Å². The van der Waals surface area contributed by atoms with Gasteiger partial charge in [-0.1, -0.05) is 96.8 Å². The first kappa shape index (κ1) is 24.9. The highest BCUT2D eigenvalue weighted by Gasteiger charge is 2.30. The standard InChI is InChI=1S/C24H42O4/c1-2-3-4-5-6-7-8-9-10-11-12-13-14-15-16-17-20(25)23-21(26)18-19-22(27)24(23)28/h22,27-28H,2-19H2,1H3. The normalized spacial score (nSPS) is 17.4. The van der Waals surface area contributed by atoms with Gasteiger partial charge in [0.1, 0.15) is 17.4 Å². The van der Waals surface area contributed by atoms with Gasteiger partial charge >= 0.3 is 0 Å². The van der Waals surface area contributed by atoms with Crippen molar-refractivity contribution in [2.75, 3.05) is 0 Å². The molecule has 1 unspecified atom stereocenters. The second-order valence-electron chi connectivity index (χ2n) is 8.36. The Morgan fingerprint density at radius 1 is 0.821 bits per heavy atom. The number of ketones is 2. The van der Waals surface area contributed by atoms with Crippen LogP contribution in [0.25, 0.3) is 0 Å². The lowest BCUT2D eigenvalue weighted by Gasteiger charge is -2.18. The van der Waals surface area contributed by atoms with Gasteiger partial charge in [0, 0.05) is 12.8 Å². The molecule has 1 rings (SSSR count). The van der Waals surface area contributed by atoms with Crippen molar-refractivity contribution in [3.8, 4) is 0 Å². The van der Waals surface area contributed by atoms with E-state index in [9.17, 15) is 19.8 Å². The van der Waals surface area contributed by atoms with Crippen molar-refractivity contribution < 1.29 is 19.8 Å². The SMILES string of the molecule is CCCCCCCCCCCCCCCCCC(=O)C1=C(O)C(O)CCC1=O. The molecule has 2 N–H and O–H groups in total. The first-order valence-electron chi connectivity index (χ1n) is 11.8. The van der Waals surface area contributed by atoms with E-state index < -0.39 is 11.9 Å². The average Bonchev–Trinajstić information content (AvgIpc) is 2.68. The molecule has 162 valence electrons. The van der Waals surface area contributed by atoms with Crippen LogP contribution >= 0.6 is 0 Å². The van der Waals surface area contributed by atoms with Gasteiger partial charge in [0.2, 0.25) is 0 Å².